The molecule has 1 saturated heterocycles. The summed E-state index contributed by atoms with van der Waals surface area (Å²) in [5, 5.41) is 6.59. The number of benzene rings is 2. The lowest BCUT2D eigenvalue weighted by Gasteiger charge is -2.22. The molecule has 0 aromatic heterocycles. The van der Waals surface area contributed by atoms with Gasteiger partial charge in [0.1, 0.15) is 0 Å². The van der Waals surface area contributed by atoms with Crippen LogP contribution in [-0.2, 0) is 22.6 Å². The van der Waals surface area contributed by atoms with Gasteiger partial charge in [0, 0.05) is 19.8 Å². The minimum atomic E-state index is -0.374. The summed E-state index contributed by atoms with van der Waals surface area (Å²) in [4.78, 5) is 4.69. The highest BCUT2D eigenvalue weighted by atomic mass is 19.1. The quantitative estimate of drug-likeness (QED) is 0.446. The zero-order chi connectivity index (χ0) is 22.8. The van der Waals surface area contributed by atoms with E-state index in [1.54, 1.807) is 6.07 Å². The lowest BCUT2D eigenvalue weighted by molar-refractivity contribution is -0.0390. The highest BCUT2D eigenvalue weighted by Crippen LogP contribution is 2.21. The summed E-state index contributed by atoms with van der Waals surface area (Å²) in [6.07, 6.45) is 2.23. The zero-order valence-electron chi connectivity index (χ0n) is 19.2. The van der Waals surface area contributed by atoms with Gasteiger partial charge in [0.2, 0.25) is 0 Å². The molecule has 174 valence electrons. The van der Waals surface area contributed by atoms with Gasteiger partial charge in [0.25, 0.3) is 0 Å². The molecule has 0 amide bonds. The Balaban J connectivity index is 1.55. The number of halogens is 1. The lowest BCUT2D eigenvalue weighted by Crippen LogP contribution is -2.38. The van der Waals surface area contributed by atoms with Crippen LogP contribution in [0.3, 0.4) is 0 Å². The van der Waals surface area contributed by atoms with Crippen molar-refractivity contribution in [2.24, 2.45) is 4.99 Å². The number of methoxy groups -OCH3 is 1. The van der Waals surface area contributed by atoms with E-state index < -0.39 is 0 Å². The van der Waals surface area contributed by atoms with Gasteiger partial charge in [-0.05, 0) is 55.5 Å². The monoisotopic (exact) mass is 443 g/mol. The molecular formula is C25H34FN3O3. The van der Waals surface area contributed by atoms with E-state index >= 15 is 0 Å². The van der Waals surface area contributed by atoms with E-state index in [0.717, 1.165) is 49.3 Å². The van der Waals surface area contributed by atoms with Gasteiger partial charge in [-0.1, -0.05) is 30.3 Å². The fourth-order valence-electron chi connectivity index (χ4n) is 3.53. The number of ether oxygens (including phenoxy) is 3. The molecule has 6 nitrogen and oxygen atoms in total. The topological polar surface area (TPSA) is 64.1 Å². The molecule has 1 aliphatic rings. The van der Waals surface area contributed by atoms with Crippen LogP contribution < -0.4 is 15.4 Å². The highest BCUT2D eigenvalue weighted by molar-refractivity contribution is 5.80. The number of hydrogen-bond acceptors (Lipinski definition) is 4. The van der Waals surface area contributed by atoms with E-state index in [4.69, 9.17) is 14.2 Å². The Bertz CT molecular complexity index is 867. The summed E-state index contributed by atoms with van der Waals surface area (Å²) in [5.41, 5.74) is 3.09. The number of aliphatic imine (C=N–C) groups is 1. The lowest BCUT2D eigenvalue weighted by atomic mass is 10.1. The molecule has 1 atom stereocenters. The maximum absolute atomic E-state index is 14.0. The number of guanidine groups is 1. The first kappa shape index (κ1) is 24.0. The second kappa shape index (κ2) is 12.4. The molecule has 2 aromatic carbocycles. The fourth-order valence-corrected chi connectivity index (χ4v) is 3.53. The molecule has 0 radical (unpaired) electrons. The Labute approximate surface area is 190 Å². The van der Waals surface area contributed by atoms with E-state index in [-0.39, 0.29) is 17.6 Å². The fraction of sp³-hybridized carbons (Fsp3) is 0.480. The molecule has 7 heteroatoms. The summed E-state index contributed by atoms with van der Waals surface area (Å²) < 4.78 is 30.4. The maximum Gasteiger partial charge on any atom is 0.192 e. The Morgan fingerprint density at radius 2 is 1.88 bits per heavy atom. The van der Waals surface area contributed by atoms with Crippen LogP contribution in [0, 0.1) is 5.82 Å². The second-order valence-electron chi connectivity index (χ2n) is 7.89. The molecule has 1 fully saturated rings. The smallest absolute Gasteiger partial charge is 0.192 e. The van der Waals surface area contributed by atoms with Crippen LogP contribution in [0.25, 0.3) is 0 Å². The van der Waals surface area contributed by atoms with Gasteiger partial charge >= 0.3 is 0 Å². The molecule has 0 aliphatic carbocycles. The van der Waals surface area contributed by atoms with Gasteiger partial charge in [-0.3, -0.25) is 0 Å². The van der Waals surface area contributed by atoms with Crippen LogP contribution in [0.1, 0.15) is 49.4 Å². The van der Waals surface area contributed by atoms with Gasteiger partial charge in [0.05, 0.1) is 32.4 Å². The minimum absolute atomic E-state index is 0.113. The van der Waals surface area contributed by atoms with Crippen molar-refractivity contribution in [1.82, 2.24) is 10.6 Å². The van der Waals surface area contributed by atoms with Crippen molar-refractivity contribution in [2.45, 2.75) is 52.0 Å². The van der Waals surface area contributed by atoms with E-state index in [2.05, 4.69) is 39.9 Å². The van der Waals surface area contributed by atoms with E-state index in [1.807, 2.05) is 19.9 Å². The summed E-state index contributed by atoms with van der Waals surface area (Å²) in [7, 11) is 1.46. The number of nitrogens with zero attached hydrogens (tertiary/aromatic N) is 1. The molecule has 0 spiro atoms. The predicted octanol–water partition coefficient (Wildman–Crippen LogP) is 4.35. The molecule has 1 heterocycles. The van der Waals surface area contributed by atoms with Crippen LogP contribution in [0.15, 0.2) is 47.5 Å². The normalized spacial score (nSPS) is 15.9. The van der Waals surface area contributed by atoms with Gasteiger partial charge in [-0.2, -0.15) is 0 Å². The van der Waals surface area contributed by atoms with Crippen molar-refractivity contribution in [1.29, 1.82) is 0 Å². The first-order valence-electron chi connectivity index (χ1n) is 11.2. The largest absolute Gasteiger partial charge is 0.494 e. The van der Waals surface area contributed by atoms with E-state index in [9.17, 15) is 4.39 Å². The second-order valence-corrected chi connectivity index (χ2v) is 7.89. The average molecular weight is 444 g/mol. The van der Waals surface area contributed by atoms with Crippen LogP contribution in [0.4, 0.5) is 4.39 Å². The molecular weight excluding hydrogens is 409 g/mol. The number of rotatable bonds is 9. The molecule has 32 heavy (non-hydrogen) atoms. The van der Waals surface area contributed by atoms with Gasteiger partial charge < -0.3 is 24.8 Å². The Morgan fingerprint density at radius 1 is 1.16 bits per heavy atom. The van der Waals surface area contributed by atoms with Crippen LogP contribution >= 0.6 is 0 Å². The van der Waals surface area contributed by atoms with Crippen molar-refractivity contribution < 1.29 is 18.6 Å². The highest BCUT2D eigenvalue weighted by Gasteiger charge is 2.14. The Hall–Kier alpha value is -2.64. The molecule has 3 rings (SSSR count). The SMILES string of the molecule is CCNC(=NCc1ccc(COC2CCOCC2)cc1)NC(C)c1ccc(OC)c(F)c1. The molecule has 2 N–H and O–H groups in total. The van der Waals surface area contributed by atoms with Crippen LogP contribution in [0.5, 0.6) is 5.75 Å². The van der Waals surface area contributed by atoms with Crippen molar-refractivity contribution >= 4 is 5.96 Å². The number of hydrogen-bond donors (Lipinski definition) is 2. The summed E-state index contributed by atoms with van der Waals surface area (Å²) in [6.45, 7) is 7.46. The molecule has 1 aliphatic heterocycles. The van der Waals surface area contributed by atoms with Crippen LogP contribution in [-0.4, -0.2) is 38.9 Å². The summed E-state index contributed by atoms with van der Waals surface area (Å²) in [5.74, 6) is 0.549. The first-order chi connectivity index (χ1) is 15.6. The molecule has 0 bridgehead atoms. The standard InChI is InChI=1S/C25H34FN3O3/c1-4-27-25(29-18(2)21-9-10-24(30-3)23(26)15-21)28-16-19-5-7-20(8-6-19)17-32-22-11-13-31-14-12-22/h5-10,15,18,22H,4,11-14,16-17H2,1-3H3,(H2,27,28,29). The first-order valence-corrected chi connectivity index (χ1v) is 11.2. The molecule has 1 unspecified atom stereocenters. The average Bonchev–Trinajstić information content (AvgIpc) is 2.82. The minimum Gasteiger partial charge on any atom is -0.494 e. The third-order valence-corrected chi connectivity index (χ3v) is 5.47. The van der Waals surface area contributed by atoms with Crippen molar-refractivity contribution in [3.63, 3.8) is 0 Å². The third kappa shape index (κ3) is 7.21. The van der Waals surface area contributed by atoms with Crippen molar-refractivity contribution in [3.8, 4) is 5.75 Å². The Kier molecular flexibility index (Phi) is 9.31. The molecule has 0 saturated carbocycles. The predicted molar refractivity (Wildman–Crippen MR) is 124 cm³/mol. The third-order valence-electron chi connectivity index (χ3n) is 5.47. The van der Waals surface area contributed by atoms with Gasteiger partial charge in [0.15, 0.2) is 17.5 Å². The molecule has 2 aromatic rings. The Morgan fingerprint density at radius 3 is 2.53 bits per heavy atom. The van der Waals surface area contributed by atoms with Gasteiger partial charge in [-0.25, -0.2) is 9.38 Å². The summed E-state index contributed by atoms with van der Waals surface area (Å²) >= 11 is 0. The zero-order valence-corrected chi connectivity index (χ0v) is 19.2. The van der Waals surface area contributed by atoms with E-state index in [1.165, 1.54) is 13.2 Å². The maximum atomic E-state index is 14.0. The van der Waals surface area contributed by atoms with Crippen molar-refractivity contribution in [2.75, 3.05) is 26.9 Å². The van der Waals surface area contributed by atoms with Gasteiger partial charge in [-0.15, -0.1) is 0 Å². The van der Waals surface area contributed by atoms with E-state index in [0.29, 0.717) is 25.2 Å². The number of nitrogens with one attached hydrogen (secondary N) is 2. The summed E-state index contributed by atoms with van der Waals surface area (Å²) in [6, 6.07) is 13.2. The van der Waals surface area contributed by atoms with Crippen molar-refractivity contribution in [3.05, 3.63) is 65.0 Å². The van der Waals surface area contributed by atoms with Crippen LogP contribution in [0.2, 0.25) is 0 Å².